The van der Waals surface area contributed by atoms with Gasteiger partial charge in [0.2, 0.25) is 0 Å². The second-order valence-corrected chi connectivity index (χ2v) is 3.59. The molecule has 5 heteroatoms. The van der Waals surface area contributed by atoms with E-state index in [1.807, 2.05) is 0 Å². The molecule has 0 aliphatic rings. The first-order valence-electron chi connectivity index (χ1n) is 4.97. The molecule has 3 N–H and O–H groups in total. The normalized spacial score (nSPS) is 15.9. The molecule has 1 aromatic carbocycles. The molecule has 0 heterocycles. The van der Waals surface area contributed by atoms with Crippen LogP contribution in [0.5, 0.6) is 0 Å². The Kier molecular flexibility index (Phi) is 3.93. The lowest BCUT2D eigenvalue weighted by molar-refractivity contribution is -0.138. The Balaban J connectivity index is 3.13. The second kappa shape index (κ2) is 4.84. The van der Waals surface area contributed by atoms with E-state index in [0.717, 1.165) is 6.07 Å². The van der Waals surface area contributed by atoms with Crippen molar-refractivity contribution in [3.63, 3.8) is 0 Å². The summed E-state index contributed by atoms with van der Waals surface area (Å²) in [6.07, 6.45) is -5.10. The number of aliphatic hydroxyl groups excluding tert-OH is 1. The molecule has 0 radical (unpaired) electrons. The number of halogens is 3. The molecule has 0 saturated carbocycles. The summed E-state index contributed by atoms with van der Waals surface area (Å²) in [5, 5.41) is 9.48. The third kappa shape index (κ3) is 2.74. The Morgan fingerprint density at radius 3 is 2.38 bits per heavy atom. The lowest BCUT2D eigenvalue weighted by Gasteiger charge is -2.21. The van der Waals surface area contributed by atoms with Crippen molar-refractivity contribution in [2.45, 2.75) is 31.7 Å². The van der Waals surface area contributed by atoms with E-state index in [2.05, 4.69) is 0 Å². The van der Waals surface area contributed by atoms with Gasteiger partial charge in [-0.2, -0.15) is 13.2 Å². The quantitative estimate of drug-likeness (QED) is 0.842. The number of rotatable bonds is 3. The molecule has 0 amide bonds. The predicted molar refractivity (Wildman–Crippen MR) is 54.7 cm³/mol. The van der Waals surface area contributed by atoms with Crippen LogP contribution >= 0.6 is 0 Å². The van der Waals surface area contributed by atoms with Crippen LogP contribution in [-0.4, -0.2) is 11.2 Å². The Morgan fingerprint density at radius 2 is 1.88 bits per heavy atom. The van der Waals surface area contributed by atoms with Crippen molar-refractivity contribution in [2.75, 3.05) is 0 Å². The fourth-order valence-electron chi connectivity index (χ4n) is 1.51. The third-order valence-corrected chi connectivity index (χ3v) is 2.46. The average molecular weight is 233 g/mol. The van der Waals surface area contributed by atoms with Crippen LogP contribution in [-0.2, 0) is 6.18 Å². The molecule has 0 bridgehead atoms. The number of nitrogens with two attached hydrogens (primary N) is 1. The van der Waals surface area contributed by atoms with Gasteiger partial charge < -0.3 is 10.8 Å². The van der Waals surface area contributed by atoms with E-state index < -0.39 is 23.9 Å². The molecular weight excluding hydrogens is 219 g/mol. The first-order valence-corrected chi connectivity index (χ1v) is 4.97. The van der Waals surface area contributed by atoms with Gasteiger partial charge in [-0.25, -0.2) is 0 Å². The van der Waals surface area contributed by atoms with Gasteiger partial charge in [0.25, 0.3) is 0 Å². The van der Waals surface area contributed by atoms with Crippen molar-refractivity contribution in [2.24, 2.45) is 5.73 Å². The first kappa shape index (κ1) is 13.0. The molecule has 2 atom stereocenters. The highest BCUT2D eigenvalue weighted by molar-refractivity contribution is 5.32. The monoisotopic (exact) mass is 233 g/mol. The molecule has 0 aromatic heterocycles. The maximum absolute atomic E-state index is 12.6. The average Bonchev–Trinajstić information content (AvgIpc) is 2.26. The standard InChI is InChI=1S/C11H14F3NO/c1-2-9(16)10(15)7-5-3-4-6-8(7)11(12,13)14/h3-6,9-10,16H,2,15H2,1H3/t9-,10+/m0/s1. The summed E-state index contributed by atoms with van der Waals surface area (Å²) in [4.78, 5) is 0. The van der Waals surface area contributed by atoms with Crippen LogP contribution in [0.15, 0.2) is 24.3 Å². The predicted octanol–water partition coefficient (Wildman–Crippen LogP) is 2.48. The van der Waals surface area contributed by atoms with Crippen LogP contribution in [0.2, 0.25) is 0 Å². The fourth-order valence-corrected chi connectivity index (χ4v) is 1.51. The number of alkyl halides is 3. The highest BCUT2D eigenvalue weighted by Gasteiger charge is 2.35. The van der Waals surface area contributed by atoms with Gasteiger partial charge in [0, 0.05) is 0 Å². The summed E-state index contributed by atoms with van der Waals surface area (Å²) in [6, 6.07) is 4.04. The Hall–Kier alpha value is -1.07. The van der Waals surface area contributed by atoms with Crippen molar-refractivity contribution in [1.82, 2.24) is 0 Å². The van der Waals surface area contributed by atoms with Crippen molar-refractivity contribution in [1.29, 1.82) is 0 Å². The van der Waals surface area contributed by atoms with E-state index in [-0.39, 0.29) is 5.56 Å². The number of hydrogen-bond donors (Lipinski definition) is 2. The highest BCUT2D eigenvalue weighted by Crippen LogP contribution is 2.34. The van der Waals surface area contributed by atoms with Crippen LogP contribution in [0.1, 0.15) is 30.5 Å². The van der Waals surface area contributed by atoms with Crippen molar-refractivity contribution in [3.05, 3.63) is 35.4 Å². The van der Waals surface area contributed by atoms with E-state index in [1.165, 1.54) is 18.2 Å². The van der Waals surface area contributed by atoms with Crippen molar-refractivity contribution in [3.8, 4) is 0 Å². The topological polar surface area (TPSA) is 46.2 Å². The summed E-state index contributed by atoms with van der Waals surface area (Å²) in [6.45, 7) is 1.67. The zero-order valence-corrected chi connectivity index (χ0v) is 8.83. The zero-order chi connectivity index (χ0) is 12.3. The minimum atomic E-state index is -4.44. The Morgan fingerprint density at radius 1 is 1.31 bits per heavy atom. The number of hydrogen-bond acceptors (Lipinski definition) is 2. The summed E-state index contributed by atoms with van der Waals surface area (Å²) < 4.78 is 37.9. The van der Waals surface area contributed by atoms with Gasteiger partial charge in [-0.3, -0.25) is 0 Å². The van der Waals surface area contributed by atoms with E-state index in [9.17, 15) is 18.3 Å². The van der Waals surface area contributed by atoms with Gasteiger partial charge >= 0.3 is 6.18 Å². The van der Waals surface area contributed by atoms with Gasteiger partial charge in [-0.1, -0.05) is 25.1 Å². The minimum absolute atomic E-state index is 0.0654. The lowest BCUT2D eigenvalue weighted by Crippen LogP contribution is -2.28. The SMILES string of the molecule is CC[C@H](O)[C@H](N)c1ccccc1C(F)(F)F. The first-order chi connectivity index (χ1) is 7.38. The van der Waals surface area contributed by atoms with Crippen molar-refractivity contribution >= 4 is 0 Å². The molecule has 1 rings (SSSR count). The third-order valence-electron chi connectivity index (χ3n) is 2.46. The highest BCUT2D eigenvalue weighted by atomic mass is 19.4. The molecule has 1 aromatic rings. The van der Waals surface area contributed by atoms with E-state index in [0.29, 0.717) is 6.42 Å². The minimum Gasteiger partial charge on any atom is -0.391 e. The van der Waals surface area contributed by atoms with E-state index >= 15 is 0 Å². The molecule has 2 nitrogen and oxygen atoms in total. The van der Waals surface area contributed by atoms with Crippen LogP contribution in [0, 0.1) is 0 Å². The Labute approximate surface area is 91.9 Å². The van der Waals surface area contributed by atoms with Gasteiger partial charge in [0.05, 0.1) is 17.7 Å². The molecule has 0 saturated heterocycles. The molecule has 16 heavy (non-hydrogen) atoms. The van der Waals surface area contributed by atoms with Crippen LogP contribution in [0.3, 0.4) is 0 Å². The van der Waals surface area contributed by atoms with Crippen LogP contribution in [0.4, 0.5) is 13.2 Å². The van der Waals surface area contributed by atoms with Gasteiger partial charge in [-0.05, 0) is 18.1 Å². The maximum Gasteiger partial charge on any atom is 0.416 e. The maximum atomic E-state index is 12.6. The van der Waals surface area contributed by atoms with Crippen molar-refractivity contribution < 1.29 is 18.3 Å². The van der Waals surface area contributed by atoms with Crippen LogP contribution in [0.25, 0.3) is 0 Å². The van der Waals surface area contributed by atoms with E-state index in [1.54, 1.807) is 6.92 Å². The molecular formula is C11H14F3NO. The molecule has 90 valence electrons. The number of aliphatic hydroxyl groups is 1. The smallest absolute Gasteiger partial charge is 0.391 e. The van der Waals surface area contributed by atoms with Gasteiger partial charge in [0.1, 0.15) is 0 Å². The fraction of sp³-hybridized carbons (Fsp3) is 0.455. The van der Waals surface area contributed by atoms with E-state index in [4.69, 9.17) is 5.73 Å². The molecule has 0 fully saturated rings. The molecule has 0 spiro atoms. The summed E-state index contributed by atoms with van der Waals surface area (Å²) in [5.74, 6) is 0. The van der Waals surface area contributed by atoms with Gasteiger partial charge in [-0.15, -0.1) is 0 Å². The molecule has 0 aliphatic carbocycles. The summed E-state index contributed by atoms with van der Waals surface area (Å²) >= 11 is 0. The Bertz CT molecular complexity index is 351. The van der Waals surface area contributed by atoms with Crippen LogP contribution < -0.4 is 5.73 Å². The largest absolute Gasteiger partial charge is 0.416 e. The number of benzene rings is 1. The molecule has 0 aliphatic heterocycles. The molecule has 0 unspecified atom stereocenters. The second-order valence-electron chi connectivity index (χ2n) is 3.59. The lowest BCUT2D eigenvalue weighted by atomic mass is 9.95. The zero-order valence-electron chi connectivity index (χ0n) is 8.83. The van der Waals surface area contributed by atoms with Gasteiger partial charge in [0.15, 0.2) is 0 Å². The summed E-state index contributed by atoms with van der Waals surface area (Å²) in [7, 11) is 0. The summed E-state index contributed by atoms with van der Waals surface area (Å²) in [5.41, 5.74) is 4.75.